The standard InChI is InChI=1S/C16H16O2/c1-11-5-4-6-12(2)16(11)14-9-13(10-17)7-8-15(14)18-3/h4-10H,1-3H3. The molecule has 0 atom stereocenters. The van der Waals surface area contributed by atoms with Crippen molar-refractivity contribution in [2.24, 2.45) is 0 Å². The van der Waals surface area contributed by atoms with Gasteiger partial charge in [-0.05, 0) is 48.7 Å². The lowest BCUT2D eigenvalue weighted by atomic mass is 9.94. The second-order valence-corrected chi connectivity index (χ2v) is 4.34. The monoisotopic (exact) mass is 240 g/mol. The van der Waals surface area contributed by atoms with E-state index in [9.17, 15) is 4.79 Å². The van der Waals surface area contributed by atoms with Crippen LogP contribution in [0.25, 0.3) is 11.1 Å². The Morgan fingerprint density at radius 2 is 1.72 bits per heavy atom. The lowest BCUT2D eigenvalue weighted by molar-refractivity contribution is 0.112. The Hall–Kier alpha value is -2.09. The molecule has 92 valence electrons. The topological polar surface area (TPSA) is 26.3 Å². The first-order valence-corrected chi connectivity index (χ1v) is 5.87. The zero-order valence-electron chi connectivity index (χ0n) is 10.9. The minimum absolute atomic E-state index is 0.661. The summed E-state index contributed by atoms with van der Waals surface area (Å²) in [7, 11) is 1.65. The van der Waals surface area contributed by atoms with Crippen molar-refractivity contribution in [3.8, 4) is 16.9 Å². The lowest BCUT2D eigenvalue weighted by Gasteiger charge is -2.14. The fraction of sp³-hybridized carbons (Fsp3) is 0.188. The molecule has 2 heteroatoms. The third kappa shape index (κ3) is 2.14. The first-order chi connectivity index (χ1) is 8.67. The number of benzene rings is 2. The number of hydrogen-bond acceptors (Lipinski definition) is 2. The zero-order chi connectivity index (χ0) is 13.1. The summed E-state index contributed by atoms with van der Waals surface area (Å²) in [6.07, 6.45) is 0.858. The summed E-state index contributed by atoms with van der Waals surface area (Å²) in [6, 6.07) is 11.6. The largest absolute Gasteiger partial charge is 0.496 e. The minimum atomic E-state index is 0.661. The average molecular weight is 240 g/mol. The Bertz CT molecular complexity index is 565. The van der Waals surface area contributed by atoms with Gasteiger partial charge in [-0.25, -0.2) is 0 Å². The zero-order valence-corrected chi connectivity index (χ0v) is 10.9. The van der Waals surface area contributed by atoms with Gasteiger partial charge in [0.2, 0.25) is 0 Å². The molecule has 0 N–H and O–H groups in total. The summed E-state index contributed by atoms with van der Waals surface area (Å²) < 4.78 is 5.39. The Morgan fingerprint density at radius 1 is 1.06 bits per heavy atom. The van der Waals surface area contributed by atoms with E-state index in [4.69, 9.17) is 4.74 Å². The molecule has 2 aromatic rings. The van der Waals surface area contributed by atoms with Gasteiger partial charge in [0.1, 0.15) is 12.0 Å². The molecule has 2 nitrogen and oxygen atoms in total. The van der Waals surface area contributed by atoms with Crippen molar-refractivity contribution in [1.29, 1.82) is 0 Å². The number of methoxy groups -OCH3 is 1. The lowest BCUT2D eigenvalue weighted by Crippen LogP contribution is -1.94. The van der Waals surface area contributed by atoms with E-state index in [2.05, 4.69) is 26.0 Å². The van der Waals surface area contributed by atoms with Crippen LogP contribution in [-0.2, 0) is 0 Å². The Morgan fingerprint density at radius 3 is 2.28 bits per heavy atom. The molecule has 0 spiro atoms. The summed E-state index contributed by atoms with van der Waals surface area (Å²) in [4.78, 5) is 10.9. The number of hydrogen-bond donors (Lipinski definition) is 0. The van der Waals surface area contributed by atoms with Crippen LogP contribution in [0.1, 0.15) is 21.5 Å². The molecule has 2 rings (SSSR count). The highest BCUT2D eigenvalue weighted by molar-refractivity contribution is 5.83. The molecular weight excluding hydrogens is 224 g/mol. The Labute approximate surface area is 107 Å². The molecule has 0 fully saturated rings. The number of aryl methyl sites for hydroxylation is 2. The van der Waals surface area contributed by atoms with Crippen LogP contribution in [0.5, 0.6) is 5.75 Å². The van der Waals surface area contributed by atoms with Crippen LogP contribution in [0.4, 0.5) is 0 Å². The molecule has 18 heavy (non-hydrogen) atoms. The predicted molar refractivity (Wildman–Crippen MR) is 73.3 cm³/mol. The molecular formula is C16H16O2. The molecule has 0 aliphatic rings. The summed E-state index contributed by atoms with van der Waals surface area (Å²) in [5.74, 6) is 0.790. The third-order valence-electron chi connectivity index (χ3n) is 3.11. The number of carbonyl (C=O) groups excluding carboxylic acids is 1. The van der Waals surface area contributed by atoms with Crippen LogP contribution in [0.3, 0.4) is 0 Å². The fourth-order valence-electron chi connectivity index (χ4n) is 2.23. The SMILES string of the molecule is COc1ccc(C=O)cc1-c1c(C)cccc1C. The van der Waals surface area contributed by atoms with E-state index in [0.29, 0.717) is 5.56 Å². The molecule has 0 unspecified atom stereocenters. The maximum absolute atomic E-state index is 10.9. The molecule has 0 heterocycles. The van der Waals surface area contributed by atoms with E-state index < -0.39 is 0 Å². The van der Waals surface area contributed by atoms with Crippen molar-refractivity contribution < 1.29 is 9.53 Å². The van der Waals surface area contributed by atoms with Crippen LogP contribution < -0.4 is 4.74 Å². The molecule has 0 saturated heterocycles. The van der Waals surface area contributed by atoms with Gasteiger partial charge in [0.15, 0.2) is 0 Å². The van der Waals surface area contributed by atoms with Crippen molar-refractivity contribution in [3.05, 3.63) is 53.1 Å². The quantitative estimate of drug-likeness (QED) is 0.763. The van der Waals surface area contributed by atoms with Gasteiger partial charge in [-0.3, -0.25) is 4.79 Å². The van der Waals surface area contributed by atoms with Crippen molar-refractivity contribution in [2.45, 2.75) is 13.8 Å². The molecule has 0 radical (unpaired) electrons. The third-order valence-corrected chi connectivity index (χ3v) is 3.11. The second kappa shape index (κ2) is 5.05. The summed E-state index contributed by atoms with van der Waals surface area (Å²) >= 11 is 0. The smallest absolute Gasteiger partial charge is 0.150 e. The maximum atomic E-state index is 10.9. The Balaban J connectivity index is 2.72. The molecule has 0 saturated carbocycles. The van der Waals surface area contributed by atoms with Crippen LogP contribution in [0.2, 0.25) is 0 Å². The fourth-order valence-corrected chi connectivity index (χ4v) is 2.23. The number of carbonyl (C=O) groups is 1. The van der Waals surface area contributed by atoms with Gasteiger partial charge in [0, 0.05) is 11.1 Å². The Kier molecular flexibility index (Phi) is 3.47. The average Bonchev–Trinajstić information content (AvgIpc) is 2.38. The molecule has 2 aromatic carbocycles. The summed E-state index contributed by atoms with van der Waals surface area (Å²) in [6.45, 7) is 4.13. The van der Waals surface area contributed by atoms with Gasteiger partial charge in [-0.15, -0.1) is 0 Å². The van der Waals surface area contributed by atoms with Gasteiger partial charge in [0.25, 0.3) is 0 Å². The van der Waals surface area contributed by atoms with Crippen molar-refractivity contribution in [2.75, 3.05) is 7.11 Å². The molecule has 0 aliphatic heterocycles. The van der Waals surface area contributed by atoms with Crippen LogP contribution in [-0.4, -0.2) is 13.4 Å². The van der Waals surface area contributed by atoms with Gasteiger partial charge in [-0.1, -0.05) is 18.2 Å². The molecule has 0 amide bonds. The van der Waals surface area contributed by atoms with Crippen LogP contribution in [0.15, 0.2) is 36.4 Å². The molecule has 0 aromatic heterocycles. The first kappa shape index (κ1) is 12.4. The summed E-state index contributed by atoms with van der Waals surface area (Å²) in [5.41, 5.74) is 5.12. The predicted octanol–water partition coefficient (Wildman–Crippen LogP) is 3.79. The van der Waals surface area contributed by atoms with Gasteiger partial charge in [0.05, 0.1) is 7.11 Å². The van der Waals surface area contributed by atoms with Gasteiger partial charge >= 0.3 is 0 Å². The van der Waals surface area contributed by atoms with E-state index in [1.54, 1.807) is 13.2 Å². The minimum Gasteiger partial charge on any atom is -0.496 e. The van der Waals surface area contributed by atoms with E-state index >= 15 is 0 Å². The van der Waals surface area contributed by atoms with E-state index in [0.717, 1.165) is 23.2 Å². The highest BCUT2D eigenvalue weighted by Gasteiger charge is 2.11. The number of ether oxygens (including phenoxy) is 1. The highest BCUT2D eigenvalue weighted by Crippen LogP contribution is 2.34. The highest BCUT2D eigenvalue weighted by atomic mass is 16.5. The van der Waals surface area contributed by atoms with Crippen molar-refractivity contribution in [3.63, 3.8) is 0 Å². The molecule has 0 aliphatic carbocycles. The van der Waals surface area contributed by atoms with E-state index in [1.807, 2.05) is 18.2 Å². The van der Waals surface area contributed by atoms with Gasteiger partial charge in [-0.2, -0.15) is 0 Å². The summed E-state index contributed by atoms with van der Waals surface area (Å²) in [5, 5.41) is 0. The number of aldehydes is 1. The molecule has 0 bridgehead atoms. The van der Waals surface area contributed by atoms with Crippen LogP contribution >= 0.6 is 0 Å². The van der Waals surface area contributed by atoms with Crippen molar-refractivity contribution in [1.82, 2.24) is 0 Å². The van der Waals surface area contributed by atoms with E-state index in [1.165, 1.54) is 11.1 Å². The maximum Gasteiger partial charge on any atom is 0.150 e. The van der Waals surface area contributed by atoms with E-state index in [-0.39, 0.29) is 0 Å². The van der Waals surface area contributed by atoms with Crippen LogP contribution in [0, 0.1) is 13.8 Å². The van der Waals surface area contributed by atoms with Crippen molar-refractivity contribution >= 4 is 6.29 Å². The normalized spacial score (nSPS) is 10.2. The first-order valence-electron chi connectivity index (χ1n) is 5.87. The number of rotatable bonds is 3. The second-order valence-electron chi connectivity index (χ2n) is 4.34. The van der Waals surface area contributed by atoms with Gasteiger partial charge < -0.3 is 4.74 Å².